The van der Waals surface area contributed by atoms with Crippen molar-refractivity contribution in [2.75, 3.05) is 6.54 Å². The topological polar surface area (TPSA) is 101 Å². The number of nitro groups is 1. The van der Waals surface area contributed by atoms with Crippen molar-refractivity contribution in [1.82, 2.24) is 4.90 Å². The molecule has 1 aromatic carbocycles. The fourth-order valence-electron chi connectivity index (χ4n) is 1.84. The monoisotopic (exact) mass is 406 g/mol. The van der Waals surface area contributed by atoms with E-state index >= 15 is 0 Å². The summed E-state index contributed by atoms with van der Waals surface area (Å²) in [7, 11) is 0. The van der Waals surface area contributed by atoms with Gasteiger partial charge in [-0.1, -0.05) is 0 Å². The lowest BCUT2D eigenvalue weighted by molar-refractivity contribution is -0.384. The minimum atomic E-state index is -1.40. The molecule has 1 rings (SSSR count). The number of carboxylic acid groups (broad SMARTS) is 1. The second-order valence-corrected chi connectivity index (χ2v) is 6.00. The number of carboxylic acids is 1. The number of nitrogens with zero attached hydrogens (tertiary/aromatic N) is 2. The number of aliphatic carboxylic acids is 1. The Balaban J connectivity index is 3.32. The molecular formula is C13H15IN2O5. The van der Waals surface area contributed by atoms with Crippen LogP contribution in [-0.4, -0.2) is 38.9 Å². The zero-order valence-electron chi connectivity index (χ0n) is 11.8. The summed E-state index contributed by atoms with van der Waals surface area (Å²) in [5.74, 6) is -1.68. The number of hydrogen-bond donors (Lipinski definition) is 1. The van der Waals surface area contributed by atoms with Gasteiger partial charge in [0.05, 0.1) is 10.5 Å². The third kappa shape index (κ3) is 3.49. The number of carbonyl (C=O) groups is 2. The van der Waals surface area contributed by atoms with E-state index in [1.807, 2.05) is 22.6 Å². The number of halogens is 1. The van der Waals surface area contributed by atoms with Crippen molar-refractivity contribution in [3.8, 4) is 0 Å². The average Bonchev–Trinajstić information content (AvgIpc) is 2.38. The Bertz CT molecular complexity index is 600. The quantitative estimate of drug-likeness (QED) is 0.460. The molecule has 1 aromatic rings. The molecule has 0 aliphatic carbocycles. The molecule has 1 N–H and O–H groups in total. The predicted octanol–water partition coefficient (Wildman–Crippen LogP) is 2.52. The largest absolute Gasteiger partial charge is 0.480 e. The molecule has 0 radical (unpaired) electrons. The summed E-state index contributed by atoms with van der Waals surface area (Å²) in [6.07, 6.45) is 0. The number of rotatable bonds is 5. The molecule has 0 aliphatic rings. The number of nitro benzene ring substituents is 1. The number of carbonyl (C=O) groups excluding carboxylic acids is 1. The molecule has 7 nitrogen and oxygen atoms in total. The highest BCUT2D eigenvalue weighted by Gasteiger charge is 2.38. The first kappa shape index (κ1) is 17.3. The highest BCUT2D eigenvalue weighted by Crippen LogP contribution is 2.24. The minimum absolute atomic E-state index is 0.126. The fraction of sp³-hybridized carbons (Fsp3) is 0.385. The van der Waals surface area contributed by atoms with E-state index in [-0.39, 0.29) is 17.8 Å². The second-order valence-electron chi connectivity index (χ2n) is 4.83. The summed E-state index contributed by atoms with van der Waals surface area (Å²) < 4.78 is 0.530. The summed E-state index contributed by atoms with van der Waals surface area (Å²) in [5, 5.41) is 20.1. The van der Waals surface area contributed by atoms with Crippen LogP contribution in [0, 0.1) is 13.7 Å². The Morgan fingerprint density at radius 3 is 2.43 bits per heavy atom. The molecule has 1 amide bonds. The van der Waals surface area contributed by atoms with Gasteiger partial charge in [0.1, 0.15) is 5.54 Å². The lowest BCUT2D eigenvalue weighted by Crippen LogP contribution is -2.53. The Morgan fingerprint density at radius 2 is 2.00 bits per heavy atom. The van der Waals surface area contributed by atoms with Gasteiger partial charge in [0.15, 0.2) is 0 Å². The first-order chi connectivity index (χ1) is 9.62. The number of likely N-dealkylation sites (N-methyl/N-ethyl adjacent to an activating group) is 1. The van der Waals surface area contributed by atoms with Crippen molar-refractivity contribution in [2.24, 2.45) is 0 Å². The second kappa shape index (κ2) is 6.37. The van der Waals surface area contributed by atoms with Gasteiger partial charge in [-0.15, -0.1) is 0 Å². The minimum Gasteiger partial charge on any atom is -0.480 e. The van der Waals surface area contributed by atoms with Crippen LogP contribution in [0.25, 0.3) is 0 Å². The summed E-state index contributed by atoms with van der Waals surface area (Å²) in [6, 6.07) is 3.94. The average molecular weight is 406 g/mol. The molecule has 114 valence electrons. The van der Waals surface area contributed by atoms with Gasteiger partial charge in [0.2, 0.25) is 0 Å². The van der Waals surface area contributed by atoms with E-state index in [9.17, 15) is 24.8 Å². The van der Waals surface area contributed by atoms with Crippen LogP contribution in [-0.2, 0) is 4.79 Å². The van der Waals surface area contributed by atoms with E-state index in [4.69, 9.17) is 0 Å². The Hall–Kier alpha value is -1.71. The molecule has 0 saturated heterocycles. The van der Waals surface area contributed by atoms with E-state index in [0.717, 1.165) is 0 Å². The molecule has 0 atom stereocenters. The molecule has 0 heterocycles. The molecule has 0 spiro atoms. The van der Waals surface area contributed by atoms with Crippen molar-refractivity contribution in [3.05, 3.63) is 37.4 Å². The van der Waals surface area contributed by atoms with Crippen molar-refractivity contribution in [3.63, 3.8) is 0 Å². The normalized spacial score (nSPS) is 11.0. The third-order valence-corrected chi connectivity index (χ3v) is 4.09. The summed E-state index contributed by atoms with van der Waals surface area (Å²) in [5.41, 5.74) is -1.48. The molecule has 0 saturated carbocycles. The molecule has 0 aromatic heterocycles. The number of amides is 1. The number of non-ortho nitro benzene ring substituents is 1. The third-order valence-electron chi connectivity index (χ3n) is 3.15. The van der Waals surface area contributed by atoms with Crippen LogP contribution in [0.15, 0.2) is 18.2 Å². The van der Waals surface area contributed by atoms with E-state index in [1.165, 1.54) is 36.9 Å². The summed E-state index contributed by atoms with van der Waals surface area (Å²) in [4.78, 5) is 35.3. The highest BCUT2D eigenvalue weighted by atomic mass is 127. The van der Waals surface area contributed by atoms with Crippen LogP contribution in [0.4, 0.5) is 5.69 Å². The lowest BCUT2D eigenvalue weighted by Gasteiger charge is -2.34. The predicted molar refractivity (Wildman–Crippen MR) is 84.2 cm³/mol. The standard InChI is InChI=1S/C13H15IN2O5/c1-4-15(13(2,3)12(18)19)11(17)9-7-8(16(20)21)5-6-10(9)14/h5-7H,4H2,1-3H3,(H,18,19). The molecule has 0 aliphatic heterocycles. The van der Waals surface area contributed by atoms with E-state index in [0.29, 0.717) is 3.57 Å². The maximum atomic E-state index is 12.6. The first-order valence-corrected chi connectivity index (χ1v) is 7.20. The molecule has 8 heteroatoms. The summed E-state index contributed by atoms with van der Waals surface area (Å²) >= 11 is 1.89. The maximum absolute atomic E-state index is 12.6. The van der Waals surface area contributed by atoms with Crippen molar-refractivity contribution < 1.29 is 19.6 Å². The van der Waals surface area contributed by atoms with Gasteiger partial charge in [-0.25, -0.2) is 4.79 Å². The van der Waals surface area contributed by atoms with E-state index in [2.05, 4.69) is 0 Å². The van der Waals surface area contributed by atoms with Gasteiger partial charge < -0.3 is 10.0 Å². The van der Waals surface area contributed by atoms with Crippen molar-refractivity contribution in [1.29, 1.82) is 0 Å². The molecule has 0 bridgehead atoms. The summed E-state index contributed by atoms with van der Waals surface area (Å²) in [6.45, 7) is 4.67. The van der Waals surface area contributed by atoms with Gasteiger partial charge in [-0.2, -0.15) is 0 Å². The Kier molecular flexibility index (Phi) is 5.26. The molecule has 0 unspecified atom stereocenters. The zero-order valence-corrected chi connectivity index (χ0v) is 13.9. The van der Waals surface area contributed by atoms with Gasteiger partial charge in [-0.05, 0) is 49.4 Å². The van der Waals surface area contributed by atoms with E-state index < -0.39 is 22.3 Å². The van der Waals surface area contributed by atoms with Gasteiger partial charge >= 0.3 is 5.97 Å². The number of benzene rings is 1. The number of hydrogen-bond acceptors (Lipinski definition) is 4. The van der Waals surface area contributed by atoms with Gasteiger partial charge in [-0.3, -0.25) is 14.9 Å². The van der Waals surface area contributed by atoms with Crippen LogP contribution in [0.2, 0.25) is 0 Å². The molecular weight excluding hydrogens is 391 g/mol. The van der Waals surface area contributed by atoms with Crippen molar-refractivity contribution >= 4 is 40.2 Å². The Labute approximate surface area is 135 Å². The van der Waals surface area contributed by atoms with Crippen molar-refractivity contribution in [2.45, 2.75) is 26.3 Å². The Morgan fingerprint density at radius 1 is 1.43 bits per heavy atom. The fourth-order valence-corrected chi connectivity index (χ4v) is 2.41. The van der Waals surface area contributed by atoms with E-state index in [1.54, 1.807) is 6.92 Å². The zero-order chi connectivity index (χ0) is 16.4. The smallest absolute Gasteiger partial charge is 0.329 e. The van der Waals surface area contributed by atoms with Crippen LogP contribution >= 0.6 is 22.6 Å². The van der Waals surface area contributed by atoms with Crippen LogP contribution in [0.5, 0.6) is 0 Å². The van der Waals surface area contributed by atoms with Crippen LogP contribution in [0.3, 0.4) is 0 Å². The van der Waals surface area contributed by atoms with Crippen LogP contribution < -0.4 is 0 Å². The molecule has 21 heavy (non-hydrogen) atoms. The molecule has 0 fully saturated rings. The van der Waals surface area contributed by atoms with Gasteiger partial charge in [0, 0.05) is 22.2 Å². The van der Waals surface area contributed by atoms with Gasteiger partial charge in [0.25, 0.3) is 11.6 Å². The SMILES string of the molecule is CCN(C(=O)c1cc([N+](=O)[O-])ccc1I)C(C)(C)C(=O)O. The first-order valence-electron chi connectivity index (χ1n) is 6.12. The van der Waals surface area contributed by atoms with Crippen LogP contribution in [0.1, 0.15) is 31.1 Å². The maximum Gasteiger partial charge on any atom is 0.329 e. The lowest BCUT2D eigenvalue weighted by atomic mass is 10.0. The highest BCUT2D eigenvalue weighted by molar-refractivity contribution is 14.1.